The highest BCUT2D eigenvalue weighted by Crippen LogP contribution is 2.50. The van der Waals surface area contributed by atoms with Crippen LogP contribution in [0.5, 0.6) is 17.2 Å². The maximum Gasteiger partial charge on any atom is 0.271 e. The lowest BCUT2D eigenvalue weighted by molar-refractivity contribution is 0.0178. The van der Waals surface area contributed by atoms with Gasteiger partial charge in [-0.2, -0.15) is 0 Å². The number of nitrogens with two attached hydrogens (primary N) is 1. The molecule has 2 heterocycles. The zero-order valence-electron chi connectivity index (χ0n) is 21.9. The zero-order chi connectivity index (χ0) is 28.4. The molecule has 3 N–H and O–H groups in total. The van der Waals surface area contributed by atoms with Crippen molar-refractivity contribution in [2.75, 3.05) is 38.6 Å². The summed E-state index contributed by atoms with van der Waals surface area (Å²) >= 11 is 1.16. The van der Waals surface area contributed by atoms with E-state index in [-0.39, 0.29) is 18.2 Å². The van der Waals surface area contributed by atoms with Crippen molar-refractivity contribution in [1.82, 2.24) is 4.90 Å². The van der Waals surface area contributed by atoms with Gasteiger partial charge >= 0.3 is 0 Å². The first-order valence-electron chi connectivity index (χ1n) is 12.9. The molecule has 0 atom stereocenters. The van der Waals surface area contributed by atoms with Gasteiger partial charge in [0.25, 0.3) is 5.92 Å². The van der Waals surface area contributed by atoms with Crippen LogP contribution in [0.4, 0.5) is 23.2 Å². The van der Waals surface area contributed by atoms with Crippen LogP contribution in [0.1, 0.15) is 24.5 Å². The van der Waals surface area contributed by atoms with E-state index < -0.39 is 17.3 Å². The summed E-state index contributed by atoms with van der Waals surface area (Å²) in [6.45, 7) is 3.43. The minimum atomic E-state index is -3.31. The lowest BCUT2D eigenvalue weighted by Gasteiger charge is -2.37. The van der Waals surface area contributed by atoms with Crippen molar-refractivity contribution in [3.05, 3.63) is 71.5 Å². The first-order chi connectivity index (χ1) is 19.2. The summed E-state index contributed by atoms with van der Waals surface area (Å²) in [7, 11) is 0. The molecule has 0 amide bonds. The number of ether oxygens (including phenoxy) is 2. The zero-order valence-corrected chi connectivity index (χ0v) is 22.7. The van der Waals surface area contributed by atoms with E-state index in [9.17, 15) is 17.6 Å². The number of likely N-dealkylation sites (tertiary alicyclic amines) is 1. The normalized spacial score (nSPS) is 14.3. The number of thiophene rings is 1. The molecule has 3 aromatic carbocycles. The standard InChI is InChI=1S/C30H29F4N3O2S/c1-30(33,34)25-13-19(32)3-8-22(25)29-27(23-9-10-26(36)24(15-35)28(23)40-29)39-21-6-4-20(5-7-21)38-12-2-11-37-16-18(14-31)17-37/h3-10,13,15,18,35H,2,11-12,14,16-17,36H2,1H3. The molecule has 1 aliphatic heterocycles. The fourth-order valence-corrected chi connectivity index (χ4v) is 6.13. The smallest absolute Gasteiger partial charge is 0.271 e. The predicted molar refractivity (Wildman–Crippen MR) is 152 cm³/mol. The minimum absolute atomic E-state index is 0.139. The van der Waals surface area contributed by atoms with Crippen LogP contribution in [-0.2, 0) is 5.92 Å². The van der Waals surface area contributed by atoms with Gasteiger partial charge in [0.1, 0.15) is 17.3 Å². The minimum Gasteiger partial charge on any atom is -0.494 e. The highest BCUT2D eigenvalue weighted by Gasteiger charge is 2.31. The first-order valence-corrected chi connectivity index (χ1v) is 13.7. The number of nitrogens with zero attached hydrogens (tertiary/aromatic N) is 1. The number of alkyl halides is 3. The molecule has 1 aromatic heterocycles. The second kappa shape index (κ2) is 11.5. The summed E-state index contributed by atoms with van der Waals surface area (Å²) in [5.74, 6) is -2.49. The van der Waals surface area contributed by atoms with E-state index >= 15 is 0 Å². The fraction of sp³-hybridized carbons (Fsp3) is 0.300. The third-order valence-corrected chi connectivity index (χ3v) is 8.16. The summed E-state index contributed by atoms with van der Waals surface area (Å²) in [6.07, 6.45) is 1.94. The Kier molecular flexibility index (Phi) is 8.00. The van der Waals surface area contributed by atoms with E-state index in [1.165, 1.54) is 6.07 Å². The summed E-state index contributed by atoms with van der Waals surface area (Å²) in [6, 6.07) is 13.6. The van der Waals surface area contributed by atoms with Crippen molar-refractivity contribution in [1.29, 1.82) is 5.41 Å². The number of fused-ring (bicyclic) bond motifs is 1. The van der Waals surface area contributed by atoms with Crippen molar-refractivity contribution < 1.29 is 27.0 Å². The molecule has 0 bridgehead atoms. The Morgan fingerprint density at radius 2 is 1.82 bits per heavy atom. The molecule has 0 aliphatic carbocycles. The first kappa shape index (κ1) is 27.9. The number of hydrogen-bond donors (Lipinski definition) is 2. The molecule has 5 nitrogen and oxygen atoms in total. The molecular formula is C30H29F4N3O2S. The summed E-state index contributed by atoms with van der Waals surface area (Å²) in [4.78, 5) is 2.58. The van der Waals surface area contributed by atoms with Crippen LogP contribution < -0.4 is 15.2 Å². The third-order valence-electron chi connectivity index (χ3n) is 6.91. The predicted octanol–water partition coefficient (Wildman–Crippen LogP) is 7.86. The van der Waals surface area contributed by atoms with Gasteiger partial charge in [-0.05, 0) is 55.0 Å². The Morgan fingerprint density at radius 1 is 1.10 bits per heavy atom. The SMILES string of the molecule is CC(F)(F)c1cc(F)ccc1-c1sc2c(C=N)c(N)ccc2c1Oc1ccc(OCCCN2CC(CF)C2)cc1. The van der Waals surface area contributed by atoms with E-state index in [4.69, 9.17) is 20.6 Å². The molecule has 0 radical (unpaired) electrons. The Balaban J connectivity index is 1.41. The second-order valence-corrected chi connectivity index (χ2v) is 11.0. The van der Waals surface area contributed by atoms with Crippen molar-refractivity contribution >= 4 is 33.3 Å². The molecule has 10 heteroatoms. The van der Waals surface area contributed by atoms with Gasteiger partial charge < -0.3 is 25.5 Å². The highest BCUT2D eigenvalue weighted by molar-refractivity contribution is 7.23. The number of nitrogen functional groups attached to an aromatic ring is 1. The van der Waals surface area contributed by atoms with Gasteiger partial charge in [0.05, 0.1) is 18.2 Å². The van der Waals surface area contributed by atoms with Gasteiger partial charge in [0.2, 0.25) is 0 Å². The number of rotatable bonds is 11. The van der Waals surface area contributed by atoms with Gasteiger partial charge in [0.15, 0.2) is 5.75 Å². The van der Waals surface area contributed by atoms with E-state index in [1.807, 2.05) is 0 Å². The Hall–Kier alpha value is -3.63. The van der Waals surface area contributed by atoms with Crippen LogP contribution >= 0.6 is 11.3 Å². The molecule has 1 fully saturated rings. The van der Waals surface area contributed by atoms with Gasteiger partial charge in [-0.15, -0.1) is 11.3 Å². The Morgan fingerprint density at radius 3 is 2.50 bits per heavy atom. The summed E-state index contributed by atoms with van der Waals surface area (Å²) < 4.78 is 68.5. The van der Waals surface area contributed by atoms with Crippen LogP contribution in [0.3, 0.4) is 0 Å². The molecule has 0 spiro atoms. The lowest BCUT2D eigenvalue weighted by Crippen LogP contribution is -2.48. The third kappa shape index (κ3) is 5.78. The lowest BCUT2D eigenvalue weighted by atomic mass is 10.00. The molecule has 4 aromatic rings. The van der Waals surface area contributed by atoms with E-state index in [1.54, 1.807) is 36.4 Å². The average Bonchev–Trinajstić information content (AvgIpc) is 3.25. The topological polar surface area (TPSA) is 71.6 Å². The van der Waals surface area contributed by atoms with Crippen LogP contribution in [0, 0.1) is 17.1 Å². The fourth-order valence-electron chi connectivity index (χ4n) is 4.84. The molecular weight excluding hydrogens is 542 g/mol. The van der Waals surface area contributed by atoms with E-state index in [0.29, 0.717) is 50.1 Å². The molecule has 5 rings (SSSR count). The van der Waals surface area contributed by atoms with Crippen LogP contribution in [0.2, 0.25) is 0 Å². The van der Waals surface area contributed by atoms with Crippen molar-refractivity contribution in [3.63, 3.8) is 0 Å². The number of benzene rings is 3. The summed E-state index contributed by atoms with van der Waals surface area (Å²) in [5.41, 5.74) is 6.59. The van der Waals surface area contributed by atoms with E-state index in [2.05, 4.69) is 4.90 Å². The molecule has 1 aliphatic rings. The highest BCUT2D eigenvalue weighted by atomic mass is 32.1. The van der Waals surface area contributed by atoms with Gasteiger partial charge in [0, 0.05) is 71.2 Å². The van der Waals surface area contributed by atoms with Crippen LogP contribution in [0.15, 0.2) is 54.6 Å². The monoisotopic (exact) mass is 571 g/mol. The maximum absolute atomic E-state index is 14.6. The second-order valence-electron chi connectivity index (χ2n) is 9.98. The van der Waals surface area contributed by atoms with Crippen LogP contribution in [0.25, 0.3) is 20.5 Å². The molecule has 0 unspecified atom stereocenters. The molecule has 1 saturated heterocycles. The number of nitrogens with one attached hydrogen (secondary N) is 1. The van der Waals surface area contributed by atoms with E-state index in [0.717, 1.165) is 62.7 Å². The Labute approximate surface area is 233 Å². The average molecular weight is 572 g/mol. The number of anilines is 1. The quantitative estimate of drug-likeness (QED) is 0.0832. The van der Waals surface area contributed by atoms with Crippen LogP contribution in [-0.4, -0.2) is 44.0 Å². The van der Waals surface area contributed by atoms with Gasteiger partial charge in [-0.1, -0.05) is 6.07 Å². The van der Waals surface area contributed by atoms with Gasteiger partial charge in [-0.3, -0.25) is 4.39 Å². The Bertz CT molecular complexity index is 1510. The maximum atomic E-state index is 14.6. The molecule has 40 heavy (non-hydrogen) atoms. The van der Waals surface area contributed by atoms with Gasteiger partial charge in [-0.25, -0.2) is 13.2 Å². The van der Waals surface area contributed by atoms with Crippen molar-refractivity contribution in [2.45, 2.75) is 19.3 Å². The summed E-state index contributed by atoms with van der Waals surface area (Å²) in [5, 5.41) is 8.45. The molecule has 0 saturated carbocycles. The van der Waals surface area contributed by atoms with Crippen molar-refractivity contribution in [2.24, 2.45) is 5.92 Å². The molecule has 210 valence electrons. The number of hydrogen-bond acceptors (Lipinski definition) is 6. The number of halogens is 4. The largest absolute Gasteiger partial charge is 0.494 e. The van der Waals surface area contributed by atoms with Crippen molar-refractivity contribution in [3.8, 4) is 27.7 Å².